The Kier molecular flexibility index (Phi) is 5.18. The molecule has 0 aliphatic carbocycles. The van der Waals surface area contributed by atoms with Crippen LogP contribution in [-0.4, -0.2) is 32.4 Å². The summed E-state index contributed by atoms with van der Waals surface area (Å²) in [5.41, 5.74) is 0.0490. The minimum atomic E-state index is -3.48. The number of rotatable bonds is 7. The van der Waals surface area contributed by atoms with Gasteiger partial charge in [-0.3, -0.25) is 0 Å². The summed E-state index contributed by atoms with van der Waals surface area (Å²) in [4.78, 5) is 0. The van der Waals surface area contributed by atoms with E-state index in [2.05, 4.69) is 26.1 Å². The molecular formula is C13H24N2O3S. The van der Waals surface area contributed by atoms with Crippen molar-refractivity contribution in [3.05, 3.63) is 17.9 Å². The van der Waals surface area contributed by atoms with Crippen LogP contribution >= 0.6 is 0 Å². The Hall–Kier alpha value is -0.850. The lowest BCUT2D eigenvalue weighted by Crippen LogP contribution is -2.40. The van der Waals surface area contributed by atoms with Gasteiger partial charge in [0.2, 0.25) is 5.09 Å². The summed E-state index contributed by atoms with van der Waals surface area (Å²) in [5, 5.41) is 3.39. The van der Waals surface area contributed by atoms with E-state index < -0.39 is 10.0 Å². The van der Waals surface area contributed by atoms with Gasteiger partial charge in [-0.25, -0.2) is 12.7 Å². The first-order chi connectivity index (χ1) is 8.75. The maximum atomic E-state index is 11.9. The van der Waals surface area contributed by atoms with E-state index in [-0.39, 0.29) is 10.6 Å². The largest absolute Gasteiger partial charge is 0.447 e. The van der Waals surface area contributed by atoms with Crippen LogP contribution in [0.2, 0.25) is 0 Å². The third-order valence-corrected chi connectivity index (χ3v) is 5.31. The van der Waals surface area contributed by atoms with E-state index in [0.29, 0.717) is 12.3 Å². The van der Waals surface area contributed by atoms with Gasteiger partial charge < -0.3 is 9.73 Å². The van der Waals surface area contributed by atoms with Crippen LogP contribution in [0.4, 0.5) is 0 Å². The van der Waals surface area contributed by atoms with Gasteiger partial charge in [0.15, 0.2) is 0 Å². The van der Waals surface area contributed by atoms with Crippen molar-refractivity contribution in [1.29, 1.82) is 0 Å². The summed E-state index contributed by atoms with van der Waals surface area (Å²) in [5.74, 6) is 0.633. The van der Waals surface area contributed by atoms with Crippen LogP contribution in [-0.2, 0) is 16.6 Å². The van der Waals surface area contributed by atoms with E-state index in [0.717, 1.165) is 17.1 Å². The van der Waals surface area contributed by atoms with Gasteiger partial charge in [0, 0.05) is 19.6 Å². The molecule has 6 heteroatoms. The number of furan rings is 1. The highest BCUT2D eigenvalue weighted by Gasteiger charge is 2.23. The molecule has 0 radical (unpaired) electrons. The molecule has 1 aromatic heterocycles. The van der Waals surface area contributed by atoms with Crippen LogP contribution in [0.1, 0.15) is 39.4 Å². The molecule has 0 fully saturated rings. The lowest BCUT2D eigenvalue weighted by Gasteiger charge is -2.27. The molecular weight excluding hydrogens is 264 g/mol. The van der Waals surface area contributed by atoms with Gasteiger partial charge in [-0.15, -0.1) is 0 Å². The fourth-order valence-corrected chi connectivity index (χ4v) is 2.38. The summed E-state index contributed by atoms with van der Waals surface area (Å²) in [6.45, 7) is 6.93. The molecule has 0 spiro atoms. The Balaban J connectivity index is 2.77. The molecule has 19 heavy (non-hydrogen) atoms. The molecule has 0 saturated heterocycles. The van der Waals surface area contributed by atoms with Gasteiger partial charge in [-0.1, -0.05) is 13.8 Å². The van der Waals surface area contributed by atoms with Gasteiger partial charge in [0.05, 0.1) is 6.54 Å². The highest BCUT2D eigenvalue weighted by Crippen LogP contribution is 2.19. The fourth-order valence-electron chi connectivity index (χ4n) is 1.57. The molecule has 0 aromatic carbocycles. The Morgan fingerprint density at radius 2 is 1.84 bits per heavy atom. The summed E-state index contributed by atoms with van der Waals surface area (Å²) >= 11 is 0. The zero-order valence-corrected chi connectivity index (χ0v) is 13.2. The molecule has 0 unspecified atom stereocenters. The molecule has 1 rings (SSSR count). The molecule has 5 nitrogen and oxygen atoms in total. The molecule has 0 saturated carbocycles. The van der Waals surface area contributed by atoms with Crippen molar-refractivity contribution in [3.63, 3.8) is 0 Å². The molecule has 0 amide bonds. The van der Waals surface area contributed by atoms with E-state index in [4.69, 9.17) is 4.42 Å². The normalized spacial score (nSPS) is 13.2. The maximum Gasteiger partial charge on any atom is 0.275 e. The second-order valence-corrected chi connectivity index (χ2v) is 7.21. The Bertz CT molecular complexity index is 502. The molecule has 1 aromatic rings. The van der Waals surface area contributed by atoms with E-state index in [1.807, 2.05) is 0 Å². The van der Waals surface area contributed by atoms with Gasteiger partial charge in [-0.2, -0.15) is 0 Å². The highest BCUT2D eigenvalue weighted by molar-refractivity contribution is 7.88. The van der Waals surface area contributed by atoms with E-state index in [9.17, 15) is 8.42 Å². The minimum Gasteiger partial charge on any atom is -0.447 e. The Morgan fingerprint density at radius 3 is 2.32 bits per heavy atom. The first-order valence-corrected chi connectivity index (χ1v) is 7.95. The number of nitrogens with one attached hydrogen (secondary N) is 1. The molecule has 1 N–H and O–H groups in total. The average Bonchev–Trinajstić information content (AvgIpc) is 2.85. The minimum absolute atomic E-state index is 0.0102. The van der Waals surface area contributed by atoms with Gasteiger partial charge in [0.25, 0.3) is 10.0 Å². The van der Waals surface area contributed by atoms with Crippen LogP contribution in [0.25, 0.3) is 0 Å². The smallest absolute Gasteiger partial charge is 0.275 e. The highest BCUT2D eigenvalue weighted by atomic mass is 32.2. The van der Waals surface area contributed by atoms with Crippen molar-refractivity contribution in [2.24, 2.45) is 0 Å². The lowest BCUT2D eigenvalue weighted by molar-refractivity contribution is 0.304. The van der Waals surface area contributed by atoms with Crippen LogP contribution in [0.5, 0.6) is 0 Å². The van der Waals surface area contributed by atoms with Gasteiger partial charge in [-0.05, 0) is 31.9 Å². The quantitative estimate of drug-likeness (QED) is 0.835. The van der Waals surface area contributed by atoms with E-state index in [1.54, 1.807) is 6.07 Å². The van der Waals surface area contributed by atoms with Crippen molar-refractivity contribution in [1.82, 2.24) is 9.62 Å². The first kappa shape index (κ1) is 16.2. The van der Waals surface area contributed by atoms with Crippen molar-refractivity contribution in [3.8, 4) is 0 Å². The molecule has 110 valence electrons. The zero-order chi connectivity index (χ0) is 14.7. The predicted octanol–water partition coefficient (Wildman–Crippen LogP) is 2.20. The van der Waals surface area contributed by atoms with Crippen molar-refractivity contribution in [2.45, 2.75) is 50.8 Å². The topological polar surface area (TPSA) is 62.6 Å². The standard InChI is InChI=1S/C13H24N2O3S/c1-6-13(3,7-2)14-10-11-8-9-12(18-11)19(16,17)15(4)5/h8-9,14H,6-7,10H2,1-5H3. The second-order valence-electron chi connectivity index (χ2n) is 5.13. The average molecular weight is 288 g/mol. The van der Waals surface area contributed by atoms with Crippen molar-refractivity contribution < 1.29 is 12.8 Å². The van der Waals surface area contributed by atoms with Crippen LogP contribution < -0.4 is 5.32 Å². The first-order valence-electron chi connectivity index (χ1n) is 6.51. The number of hydrogen-bond donors (Lipinski definition) is 1. The number of hydrogen-bond acceptors (Lipinski definition) is 4. The van der Waals surface area contributed by atoms with Gasteiger partial charge >= 0.3 is 0 Å². The van der Waals surface area contributed by atoms with Crippen LogP contribution in [0.3, 0.4) is 0 Å². The second kappa shape index (κ2) is 6.07. The van der Waals surface area contributed by atoms with Crippen LogP contribution in [0, 0.1) is 0 Å². The predicted molar refractivity (Wildman–Crippen MR) is 75.4 cm³/mol. The molecule has 0 aliphatic heterocycles. The molecule has 0 bridgehead atoms. The third kappa shape index (κ3) is 3.81. The van der Waals surface area contributed by atoms with Gasteiger partial charge in [0.1, 0.15) is 5.76 Å². The summed E-state index contributed by atoms with van der Waals surface area (Å²) in [6, 6.07) is 3.21. The summed E-state index contributed by atoms with van der Waals surface area (Å²) in [7, 11) is -0.508. The van der Waals surface area contributed by atoms with Crippen LogP contribution in [0.15, 0.2) is 21.6 Å². The summed E-state index contributed by atoms with van der Waals surface area (Å²) in [6.07, 6.45) is 2.01. The van der Waals surface area contributed by atoms with Crippen molar-refractivity contribution in [2.75, 3.05) is 14.1 Å². The van der Waals surface area contributed by atoms with E-state index in [1.165, 1.54) is 20.2 Å². The monoisotopic (exact) mass is 288 g/mol. The number of nitrogens with zero attached hydrogens (tertiary/aromatic N) is 1. The van der Waals surface area contributed by atoms with Crippen molar-refractivity contribution >= 4 is 10.0 Å². The Labute approximate surface area is 116 Å². The number of sulfonamides is 1. The SMILES string of the molecule is CCC(C)(CC)NCc1ccc(S(=O)(=O)N(C)C)o1. The molecule has 0 aliphatic rings. The maximum absolute atomic E-state index is 11.9. The Morgan fingerprint density at radius 1 is 1.26 bits per heavy atom. The fraction of sp³-hybridized carbons (Fsp3) is 0.692. The lowest BCUT2D eigenvalue weighted by atomic mass is 9.95. The summed E-state index contributed by atoms with van der Waals surface area (Å²) < 4.78 is 30.3. The van der Waals surface area contributed by atoms with E-state index >= 15 is 0 Å². The molecule has 0 atom stereocenters. The zero-order valence-electron chi connectivity index (χ0n) is 12.4. The third-order valence-electron chi connectivity index (χ3n) is 3.62. The molecule has 1 heterocycles.